The van der Waals surface area contributed by atoms with Gasteiger partial charge in [0, 0.05) is 0 Å². The van der Waals surface area contributed by atoms with Crippen LogP contribution in [0.1, 0.15) is 31.2 Å². The van der Waals surface area contributed by atoms with Gasteiger partial charge in [-0.25, -0.2) is 4.39 Å². The Hall–Kier alpha value is -0.530. The molecule has 0 nitrogen and oxygen atoms in total. The minimum absolute atomic E-state index is 0.129. The average molecular weight is 273 g/mol. The second kappa shape index (κ2) is 5.88. The van der Waals surface area contributed by atoms with E-state index in [4.69, 9.17) is 23.2 Å². The molecule has 0 radical (unpaired) electrons. The van der Waals surface area contributed by atoms with Crippen molar-refractivity contribution >= 4 is 23.2 Å². The first kappa shape index (κ1) is 12.9. The Morgan fingerprint density at radius 1 is 1.29 bits per heavy atom. The van der Waals surface area contributed by atoms with E-state index in [0.29, 0.717) is 0 Å². The molecule has 0 saturated carbocycles. The van der Waals surface area contributed by atoms with Crippen LogP contribution in [0.15, 0.2) is 29.8 Å². The molecule has 0 aromatic heterocycles. The highest BCUT2D eigenvalue weighted by molar-refractivity contribution is 6.30. The zero-order valence-electron chi connectivity index (χ0n) is 9.56. The number of benzene rings is 1. The van der Waals surface area contributed by atoms with Gasteiger partial charge in [-0.1, -0.05) is 35.7 Å². The average Bonchev–Trinajstić information content (AvgIpc) is 2.48. The van der Waals surface area contributed by atoms with Crippen molar-refractivity contribution in [2.75, 3.05) is 0 Å². The van der Waals surface area contributed by atoms with E-state index < -0.39 is 0 Å². The third-order valence-corrected chi connectivity index (χ3v) is 3.71. The minimum Gasteiger partial charge on any atom is -0.205 e. The highest BCUT2D eigenvalue weighted by atomic mass is 35.5. The van der Waals surface area contributed by atoms with Crippen molar-refractivity contribution in [1.82, 2.24) is 0 Å². The molecule has 1 unspecified atom stereocenters. The van der Waals surface area contributed by atoms with E-state index in [2.05, 4.69) is 6.08 Å². The van der Waals surface area contributed by atoms with Crippen LogP contribution in [-0.2, 0) is 6.42 Å². The zero-order chi connectivity index (χ0) is 12.3. The van der Waals surface area contributed by atoms with Crippen molar-refractivity contribution < 1.29 is 4.39 Å². The summed E-state index contributed by atoms with van der Waals surface area (Å²) in [6.45, 7) is 0. The van der Waals surface area contributed by atoms with Crippen LogP contribution in [0.25, 0.3) is 0 Å². The Morgan fingerprint density at radius 2 is 2.12 bits per heavy atom. The fraction of sp³-hybridized carbons (Fsp3) is 0.429. The number of allylic oxidation sites excluding steroid dienone is 2. The molecule has 0 fully saturated rings. The van der Waals surface area contributed by atoms with Crippen molar-refractivity contribution in [3.8, 4) is 0 Å². The molecule has 1 atom stereocenters. The molecule has 17 heavy (non-hydrogen) atoms. The van der Waals surface area contributed by atoms with Crippen LogP contribution in [0.5, 0.6) is 0 Å². The lowest BCUT2D eigenvalue weighted by Crippen LogP contribution is -1.95. The van der Waals surface area contributed by atoms with E-state index in [9.17, 15) is 4.39 Å². The molecule has 0 N–H and O–H groups in total. The lowest BCUT2D eigenvalue weighted by atomic mass is 10.0. The lowest BCUT2D eigenvalue weighted by molar-refractivity contribution is 0.626. The molecule has 1 aliphatic rings. The minimum atomic E-state index is -0.346. The molecule has 0 spiro atoms. The summed E-state index contributed by atoms with van der Waals surface area (Å²) in [5.41, 5.74) is 2.27. The van der Waals surface area contributed by atoms with Crippen molar-refractivity contribution in [1.29, 1.82) is 0 Å². The summed E-state index contributed by atoms with van der Waals surface area (Å²) in [6.07, 6.45) is 7.35. The fourth-order valence-electron chi connectivity index (χ4n) is 2.17. The van der Waals surface area contributed by atoms with Gasteiger partial charge in [-0.2, -0.15) is 0 Å². The number of alkyl halides is 1. The summed E-state index contributed by atoms with van der Waals surface area (Å²) < 4.78 is 13.3. The second-order valence-electron chi connectivity index (χ2n) is 4.51. The van der Waals surface area contributed by atoms with Crippen LogP contribution in [0.4, 0.5) is 4.39 Å². The summed E-state index contributed by atoms with van der Waals surface area (Å²) in [4.78, 5) is 0. The number of rotatable bonds is 2. The highest BCUT2D eigenvalue weighted by Gasteiger charge is 2.10. The predicted octanol–water partition coefficient (Wildman–Crippen LogP) is 5.13. The van der Waals surface area contributed by atoms with Gasteiger partial charge in [-0.05, 0) is 43.4 Å². The van der Waals surface area contributed by atoms with Gasteiger partial charge in [-0.3, -0.25) is 0 Å². The molecule has 0 aliphatic heterocycles. The van der Waals surface area contributed by atoms with Gasteiger partial charge in [0.1, 0.15) is 5.82 Å². The molecule has 0 heterocycles. The molecular formula is C14H15Cl2F. The Labute approximate surface area is 111 Å². The first-order valence-corrected chi connectivity index (χ1v) is 6.74. The largest absolute Gasteiger partial charge is 0.205 e. The maximum Gasteiger partial charge on any atom is 0.142 e. The van der Waals surface area contributed by atoms with Crippen molar-refractivity contribution in [3.05, 3.63) is 46.3 Å². The van der Waals surface area contributed by atoms with E-state index in [1.807, 2.05) is 6.07 Å². The molecule has 0 amide bonds. The molecule has 3 heteroatoms. The molecule has 2 rings (SSSR count). The summed E-state index contributed by atoms with van der Waals surface area (Å²) in [5, 5.41) is 0.309. The third-order valence-electron chi connectivity index (χ3n) is 3.06. The van der Waals surface area contributed by atoms with Crippen molar-refractivity contribution in [2.45, 2.75) is 37.5 Å². The monoisotopic (exact) mass is 272 g/mol. The molecular weight excluding hydrogens is 258 g/mol. The van der Waals surface area contributed by atoms with E-state index in [1.165, 1.54) is 24.5 Å². The predicted molar refractivity (Wildman–Crippen MR) is 71.3 cm³/mol. The van der Waals surface area contributed by atoms with Crippen molar-refractivity contribution in [3.63, 3.8) is 0 Å². The van der Waals surface area contributed by atoms with Gasteiger partial charge in [0.25, 0.3) is 0 Å². The van der Waals surface area contributed by atoms with Crippen LogP contribution in [-0.4, -0.2) is 5.38 Å². The normalized spacial score (nSPS) is 20.9. The SMILES string of the molecule is Fc1cc(CC2=CC(Cl)CCCC2)ccc1Cl. The molecule has 1 aliphatic carbocycles. The standard InChI is InChI=1S/C14H15Cl2F/c15-12-4-2-1-3-10(8-12)7-11-5-6-13(16)14(17)9-11/h5-6,8-9,12H,1-4,7H2. The lowest BCUT2D eigenvalue weighted by Gasteiger charge is -2.07. The number of hydrogen-bond donors (Lipinski definition) is 0. The number of hydrogen-bond acceptors (Lipinski definition) is 0. The molecule has 0 bridgehead atoms. The quantitative estimate of drug-likeness (QED) is 0.517. The Balaban J connectivity index is 2.11. The van der Waals surface area contributed by atoms with Crippen LogP contribution in [0, 0.1) is 5.82 Å². The smallest absolute Gasteiger partial charge is 0.142 e. The Morgan fingerprint density at radius 3 is 2.88 bits per heavy atom. The Kier molecular flexibility index (Phi) is 4.47. The van der Waals surface area contributed by atoms with Gasteiger partial charge in [0.2, 0.25) is 0 Å². The van der Waals surface area contributed by atoms with Gasteiger partial charge in [0.05, 0.1) is 10.4 Å². The van der Waals surface area contributed by atoms with Gasteiger partial charge < -0.3 is 0 Å². The maximum absolute atomic E-state index is 13.3. The summed E-state index contributed by atoms with van der Waals surface area (Å²) in [7, 11) is 0. The zero-order valence-corrected chi connectivity index (χ0v) is 11.1. The second-order valence-corrected chi connectivity index (χ2v) is 5.48. The highest BCUT2D eigenvalue weighted by Crippen LogP contribution is 2.25. The van der Waals surface area contributed by atoms with Crippen LogP contribution >= 0.6 is 23.2 Å². The number of halogens is 3. The van der Waals surface area contributed by atoms with Crippen molar-refractivity contribution in [2.24, 2.45) is 0 Å². The summed E-state index contributed by atoms with van der Waals surface area (Å²) in [6, 6.07) is 5.00. The third kappa shape index (κ3) is 3.72. The topological polar surface area (TPSA) is 0 Å². The van der Waals surface area contributed by atoms with Crippen LogP contribution < -0.4 is 0 Å². The van der Waals surface area contributed by atoms with E-state index in [-0.39, 0.29) is 16.2 Å². The molecule has 0 saturated heterocycles. The van der Waals surface area contributed by atoms with Crippen LogP contribution in [0.2, 0.25) is 5.02 Å². The molecule has 92 valence electrons. The molecule has 1 aromatic carbocycles. The first-order chi connectivity index (χ1) is 8.15. The van der Waals surface area contributed by atoms with Gasteiger partial charge >= 0.3 is 0 Å². The summed E-state index contributed by atoms with van der Waals surface area (Å²) >= 11 is 11.8. The van der Waals surface area contributed by atoms with Gasteiger partial charge in [0.15, 0.2) is 0 Å². The van der Waals surface area contributed by atoms with Crippen LogP contribution in [0.3, 0.4) is 0 Å². The maximum atomic E-state index is 13.3. The Bertz CT molecular complexity index is 426. The first-order valence-electron chi connectivity index (χ1n) is 5.93. The van der Waals surface area contributed by atoms with E-state index in [1.54, 1.807) is 6.07 Å². The fourth-order valence-corrected chi connectivity index (χ4v) is 2.62. The molecule has 1 aromatic rings. The van der Waals surface area contributed by atoms with E-state index >= 15 is 0 Å². The summed E-state index contributed by atoms with van der Waals surface area (Å²) in [5.74, 6) is -0.346. The van der Waals surface area contributed by atoms with Gasteiger partial charge in [-0.15, -0.1) is 11.6 Å². The van der Waals surface area contributed by atoms with E-state index in [0.717, 1.165) is 24.8 Å².